The summed E-state index contributed by atoms with van der Waals surface area (Å²) in [4.78, 5) is 0. The average molecular weight is 429 g/mol. The first-order valence-electron chi connectivity index (χ1n) is 11.3. The van der Waals surface area contributed by atoms with Crippen LogP contribution >= 0.6 is 0 Å². The van der Waals surface area contributed by atoms with Crippen LogP contribution in [0.4, 0.5) is 0 Å². The van der Waals surface area contributed by atoms with Gasteiger partial charge in [0.2, 0.25) is 6.23 Å². The summed E-state index contributed by atoms with van der Waals surface area (Å²) in [5.74, 6) is 2.65. The van der Waals surface area contributed by atoms with Crippen molar-refractivity contribution >= 4 is 5.71 Å². The Morgan fingerprint density at radius 3 is 2.47 bits per heavy atom. The fraction of sp³-hybridized carbons (Fsp3) is 0.296. The number of nitrogens with zero attached hydrogens (tertiary/aromatic N) is 2. The van der Waals surface area contributed by atoms with E-state index in [2.05, 4.69) is 36.2 Å². The lowest BCUT2D eigenvalue weighted by Crippen LogP contribution is -2.33. The maximum absolute atomic E-state index is 6.42. The molecule has 0 spiro atoms. The largest absolute Gasteiger partial charge is 0.497 e. The highest BCUT2D eigenvalue weighted by atomic mass is 16.5. The molecule has 0 amide bonds. The van der Waals surface area contributed by atoms with Gasteiger partial charge in [0.05, 0.1) is 25.5 Å². The number of para-hydroxylation sites is 1. The Kier molecular flexibility index (Phi) is 5.71. The van der Waals surface area contributed by atoms with Crippen molar-refractivity contribution in [3.8, 4) is 17.2 Å². The molecule has 2 aliphatic heterocycles. The van der Waals surface area contributed by atoms with Gasteiger partial charge in [-0.25, -0.2) is 5.01 Å². The van der Waals surface area contributed by atoms with Gasteiger partial charge >= 0.3 is 0 Å². The first-order valence-corrected chi connectivity index (χ1v) is 11.3. The summed E-state index contributed by atoms with van der Waals surface area (Å²) in [6.07, 6.45) is 2.75. The van der Waals surface area contributed by atoms with E-state index in [0.29, 0.717) is 0 Å². The van der Waals surface area contributed by atoms with Crippen LogP contribution in [0.15, 0.2) is 77.9 Å². The highest BCUT2D eigenvalue weighted by Crippen LogP contribution is 2.47. The third-order valence-electron chi connectivity index (χ3n) is 6.05. The highest BCUT2D eigenvalue weighted by Gasteiger charge is 2.40. The zero-order chi connectivity index (χ0) is 21.9. The quantitative estimate of drug-likeness (QED) is 0.426. The number of methoxy groups -OCH3 is 1. The molecule has 5 heteroatoms. The summed E-state index contributed by atoms with van der Waals surface area (Å²) in [6, 6.07) is 24.7. The van der Waals surface area contributed by atoms with Gasteiger partial charge in [-0.2, -0.15) is 5.10 Å². The molecule has 5 rings (SSSR count). The molecule has 32 heavy (non-hydrogen) atoms. The molecule has 3 aromatic rings. The van der Waals surface area contributed by atoms with Crippen LogP contribution in [0.1, 0.15) is 55.1 Å². The first kappa shape index (κ1) is 20.4. The second kappa shape index (κ2) is 8.95. The van der Waals surface area contributed by atoms with Crippen molar-refractivity contribution < 1.29 is 14.2 Å². The van der Waals surface area contributed by atoms with Crippen molar-refractivity contribution in [1.29, 1.82) is 0 Å². The monoisotopic (exact) mass is 428 g/mol. The minimum absolute atomic E-state index is 0.141. The minimum Gasteiger partial charge on any atom is -0.497 e. The number of hydrogen-bond acceptors (Lipinski definition) is 5. The first-order chi connectivity index (χ1) is 15.8. The van der Waals surface area contributed by atoms with Crippen LogP contribution in [0, 0.1) is 0 Å². The Hall–Kier alpha value is -3.47. The van der Waals surface area contributed by atoms with Crippen molar-refractivity contribution in [3.63, 3.8) is 0 Å². The highest BCUT2D eigenvalue weighted by molar-refractivity contribution is 6.02. The molecule has 3 aromatic carbocycles. The van der Waals surface area contributed by atoms with Crippen molar-refractivity contribution in [2.24, 2.45) is 5.10 Å². The van der Waals surface area contributed by atoms with Crippen LogP contribution in [0.5, 0.6) is 17.2 Å². The lowest BCUT2D eigenvalue weighted by atomic mass is 9.96. The van der Waals surface area contributed by atoms with Crippen LogP contribution in [0.25, 0.3) is 0 Å². The van der Waals surface area contributed by atoms with E-state index >= 15 is 0 Å². The minimum atomic E-state index is -0.282. The lowest BCUT2D eigenvalue weighted by molar-refractivity contribution is -0.0190. The number of fused-ring (bicyclic) bond motifs is 3. The smallest absolute Gasteiger partial charge is 0.213 e. The summed E-state index contributed by atoms with van der Waals surface area (Å²) in [7, 11) is 1.68. The maximum atomic E-state index is 6.42. The van der Waals surface area contributed by atoms with Crippen LogP contribution < -0.4 is 14.2 Å². The Morgan fingerprint density at radius 2 is 1.72 bits per heavy atom. The Labute approximate surface area is 189 Å². The van der Waals surface area contributed by atoms with Crippen LogP contribution in [-0.2, 0) is 0 Å². The number of hydrogen-bond donors (Lipinski definition) is 0. The zero-order valence-electron chi connectivity index (χ0n) is 18.5. The molecular weight excluding hydrogens is 400 g/mol. The molecule has 0 N–H and O–H groups in total. The summed E-state index contributed by atoms with van der Waals surface area (Å²) < 4.78 is 17.6. The van der Waals surface area contributed by atoms with Gasteiger partial charge in [-0.1, -0.05) is 31.5 Å². The van der Waals surface area contributed by atoms with Gasteiger partial charge in [0.1, 0.15) is 17.2 Å². The summed E-state index contributed by atoms with van der Waals surface area (Å²) >= 11 is 0. The molecule has 0 saturated carbocycles. The number of unbranched alkanes of at least 4 members (excludes halogenated alkanes) is 1. The van der Waals surface area contributed by atoms with Crippen molar-refractivity contribution in [2.75, 3.05) is 13.7 Å². The topological polar surface area (TPSA) is 43.3 Å². The van der Waals surface area contributed by atoms with Crippen LogP contribution in [0.3, 0.4) is 0 Å². The number of hydrazone groups is 1. The lowest BCUT2D eigenvalue weighted by Gasteiger charge is -2.38. The molecule has 2 atom stereocenters. The van der Waals surface area contributed by atoms with E-state index in [1.807, 2.05) is 48.5 Å². The fourth-order valence-electron chi connectivity index (χ4n) is 4.28. The Bertz CT molecular complexity index is 1090. The van der Waals surface area contributed by atoms with Gasteiger partial charge in [-0.05, 0) is 66.6 Å². The predicted molar refractivity (Wildman–Crippen MR) is 125 cm³/mol. The van der Waals surface area contributed by atoms with Gasteiger partial charge in [-0.15, -0.1) is 0 Å². The van der Waals surface area contributed by atoms with Gasteiger partial charge < -0.3 is 14.2 Å². The molecule has 0 aromatic heterocycles. The second-order valence-electron chi connectivity index (χ2n) is 8.15. The van der Waals surface area contributed by atoms with Gasteiger partial charge in [0.15, 0.2) is 0 Å². The van der Waals surface area contributed by atoms with E-state index in [0.717, 1.165) is 60.0 Å². The van der Waals surface area contributed by atoms with E-state index in [-0.39, 0.29) is 12.3 Å². The maximum Gasteiger partial charge on any atom is 0.213 e. The van der Waals surface area contributed by atoms with E-state index in [9.17, 15) is 0 Å². The molecule has 0 saturated heterocycles. The number of rotatable bonds is 7. The van der Waals surface area contributed by atoms with Crippen LogP contribution in [-0.4, -0.2) is 24.4 Å². The van der Waals surface area contributed by atoms with Crippen molar-refractivity contribution in [3.05, 3.63) is 89.5 Å². The van der Waals surface area contributed by atoms with Gasteiger partial charge in [0.25, 0.3) is 0 Å². The molecule has 0 bridgehead atoms. The van der Waals surface area contributed by atoms with Crippen LogP contribution in [0.2, 0.25) is 0 Å². The molecule has 0 fully saturated rings. The summed E-state index contributed by atoms with van der Waals surface area (Å²) in [5.41, 5.74) is 4.41. The number of ether oxygens (including phenoxy) is 3. The third kappa shape index (κ3) is 3.91. The molecule has 0 unspecified atom stereocenters. The number of benzene rings is 3. The molecular formula is C27H28N2O3. The normalized spacial score (nSPS) is 18.9. The Balaban J connectivity index is 1.44. The molecule has 2 heterocycles. The zero-order valence-corrected chi connectivity index (χ0v) is 18.5. The van der Waals surface area contributed by atoms with E-state index in [4.69, 9.17) is 19.3 Å². The standard InChI is InChI=1S/C27H28N2O3/c1-3-4-17-31-22-15-9-19(10-16-22)24-18-25-23-7-5-6-8-26(23)32-27(29(25)28-24)20-11-13-21(30-2)14-12-20/h5-16,25,27H,3-4,17-18H2,1-2H3/t25-,27+/m1/s1. The summed E-state index contributed by atoms with van der Waals surface area (Å²) in [5, 5.41) is 7.14. The third-order valence-corrected chi connectivity index (χ3v) is 6.05. The van der Waals surface area contributed by atoms with E-state index < -0.39 is 0 Å². The molecule has 2 aliphatic rings. The fourth-order valence-corrected chi connectivity index (χ4v) is 4.28. The SMILES string of the molecule is CCCCOc1ccc(C2=NN3[C@H](C2)c2ccccc2O[C@H]3c2ccc(OC)cc2)cc1. The van der Waals surface area contributed by atoms with Gasteiger partial charge in [0, 0.05) is 17.5 Å². The van der Waals surface area contributed by atoms with E-state index in [1.54, 1.807) is 7.11 Å². The second-order valence-corrected chi connectivity index (χ2v) is 8.15. The molecule has 0 aliphatic carbocycles. The summed E-state index contributed by atoms with van der Waals surface area (Å²) in [6.45, 7) is 2.92. The average Bonchev–Trinajstić information content (AvgIpc) is 3.30. The van der Waals surface area contributed by atoms with Crippen molar-refractivity contribution in [2.45, 2.75) is 38.5 Å². The molecule has 164 valence electrons. The predicted octanol–water partition coefficient (Wildman–Crippen LogP) is 6.12. The van der Waals surface area contributed by atoms with Crippen molar-refractivity contribution in [1.82, 2.24) is 5.01 Å². The molecule has 0 radical (unpaired) electrons. The van der Waals surface area contributed by atoms with Gasteiger partial charge in [-0.3, -0.25) is 0 Å². The Morgan fingerprint density at radius 1 is 0.969 bits per heavy atom. The molecule has 5 nitrogen and oxygen atoms in total. The van der Waals surface area contributed by atoms with E-state index in [1.165, 1.54) is 5.56 Å².